The first-order chi connectivity index (χ1) is 20.8. The molecule has 0 saturated heterocycles. The Kier molecular flexibility index (Phi) is 4.68. The van der Waals surface area contributed by atoms with Crippen LogP contribution in [-0.4, -0.2) is 4.57 Å². The molecule has 3 nitrogen and oxygen atoms in total. The van der Waals surface area contributed by atoms with Gasteiger partial charge in [0.15, 0.2) is 0 Å². The molecular weight excluding hydrogens is 512 g/mol. The predicted molar refractivity (Wildman–Crippen MR) is 173 cm³/mol. The molecule has 0 spiro atoms. The van der Waals surface area contributed by atoms with Gasteiger partial charge in [-0.2, -0.15) is 5.26 Å². The van der Waals surface area contributed by atoms with Crippen molar-refractivity contribution in [2.75, 3.05) is 0 Å². The van der Waals surface area contributed by atoms with Crippen LogP contribution in [0.15, 0.2) is 138 Å². The van der Waals surface area contributed by atoms with Gasteiger partial charge < -0.3 is 8.98 Å². The minimum Gasteiger partial charge on any atom is -0.455 e. The van der Waals surface area contributed by atoms with Crippen molar-refractivity contribution in [3.8, 4) is 22.9 Å². The average molecular weight is 535 g/mol. The molecule has 0 radical (unpaired) electrons. The third-order valence-electron chi connectivity index (χ3n) is 8.57. The van der Waals surface area contributed by atoms with E-state index in [0.29, 0.717) is 5.56 Å². The van der Waals surface area contributed by atoms with Crippen LogP contribution >= 0.6 is 0 Å². The van der Waals surface area contributed by atoms with Crippen molar-refractivity contribution in [3.05, 3.63) is 139 Å². The molecule has 0 fully saturated rings. The van der Waals surface area contributed by atoms with E-state index in [1.807, 2.05) is 18.2 Å². The van der Waals surface area contributed by atoms with Gasteiger partial charge in [0.2, 0.25) is 0 Å². The standard InChI is InChI=1S/C39H22N2O/c40-23-24-14-17-34-32(20-24)33-22-27(15-18-35(33)41(34)28-10-2-1-3-11-28)31-21-26-9-5-7-13-30(26)38-37-29-12-6-4-8-25(29)16-19-36(37)42-39(31)38/h1-22H. The van der Waals surface area contributed by atoms with Crippen LogP contribution in [0.3, 0.4) is 0 Å². The molecule has 9 aromatic rings. The summed E-state index contributed by atoms with van der Waals surface area (Å²) in [6, 6.07) is 48.9. The second kappa shape index (κ2) is 8.57. The minimum atomic E-state index is 0.650. The molecule has 0 amide bonds. The number of hydrogen-bond donors (Lipinski definition) is 0. The molecule has 0 aliphatic heterocycles. The van der Waals surface area contributed by atoms with E-state index in [2.05, 4.69) is 126 Å². The highest BCUT2D eigenvalue weighted by Gasteiger charge is 2.20. The van der Waals surface area contributed by atoms with Crippen LogP contribution in [-0.2, 0) is 0 Å². The van der Waals surface area contributed by atoms with Gasteiger partial charge in [-0.25, -0.2) is 0 Å². The lowest BCUT2D eigenvalue weighted by Gasteiger charge is -2.09. The maximum atomic E-state index is 9.72. The smallest absolute Gasteiger partial charge is 0.143 e. The lowest BCUT2D eigenvalue weighted by Crippen LogP contribution is -1.93. The zero-order valence-electron chi connectivity index (χ0n) is 22.5. The third-order valence-corrected chi connectivity index (χ3v) is 8.57. The van der Waals surface area contributed by atoms with Crippen LogP contribution in [0, 0.1) is 11.3 Å². The van der Waals surface area contributed by atoms with Crippen LogP contribution < -0.4 is 0 Å². The molecule has 42 heavy (non-hydrogen) atoms. The van der Waals surface area contributed by atoms with Crippen molar-refractivity contribution in [2.24, 2.45) is 0 Å². The lowest BCUT2D eigenvalue weighted by atomic mass is 9.94. The Hall–Kier alpha value is -5.85. The van der Waals surface area contributed by atoms with Crippen LogP contribution in [0.25, 0.3) is 82.1 Å². The summed E-state index contributed by atoms with van der Waals surface area (Å²) in [7, 11) is 0. The zero-order valence-corrected chi connectivity index (χ0v) is 22.5. The Balaban J connectivity index is 1.41. The molecule has 2 aromatic heterocycles. The topological polar surface area (TPSA) is 41.9 Å². The van der Waals surface area contributed by atoms with Gasteiger partial charge >= 0.3 is 0 Å². The number of rotatable bonds is 2. The van der Waals surface area contributed by atoms with Gasteiger partial charge in [0.25, 0.3) is 0 Å². The van der Waals surface area contributed by atoms with Gasteiger partial charge in [-0.1, -0.05) is 78.9 Å². The number of para-hydroxylation sites is 1. The first-order valence-corrected chi connectivity index (χ1v) is 14.1. The Morgan fingerprint density at radius 1 is 0.548 bits per heavy atom. The van der Waals surface area contributed by atoms with E-state index < -0.39 is 0 Å². The van der Waals surface area contributed by atoms with Gasteiger partial charge in [-0.05, 0) is 81.7 Å². The zero-order chi connectivity index (χ0) is 27.8. The summed E-state index contributed by atoms with van der Waals surface area (Å²) in [5, 5.41) is 18.9. The van der Waals surface area contributed by atoms with Crippen molar-refractivity contribution in [1.29, 1.82) is 5.26 Å². The van der Waals surface area contributed by atoms with Crippen LogP contribution in [0.4, 0.5) is 0 Å². The highest BCUT2D eigenvalue weighted by Crippen LogP contribution is 2.44. The molecule has 0 atom stereocenters. The summed E-state index contributed by atoms with van der Waals surface area (Å²) in [6.07, 6.45) is 0. The van der Waals surface area contributed by atoms with Crippen molar-refractivity contribution in [3.63, 3.8) is 0 Å². The lowest BCUT2D eigenvalue weighted by molar-refractivity contribution is 0.670. The number of aromatic nitrogens is 1. The van der Waals surface area contributed by atoms with Gasteiger partial charge in [0.05, 0.1) is 22.7 Å². The van der Waals surface area contributed by atoms with Gasteiger partial charge in [-0.15, -0.1) is 0 Å². The first kappa shape index (κ1) is 22.9. The van der Waals surface area contributed by atoms with E-state index in [1.54, 1.807) is 0 Å². The quantitative estimate of drug-likeness (QED) is 0.221. The molecule has 3 heteroatoms. The Morgan fingerprint density at radius 3 is 2.05 bits per heavy atom. The minimum absolute atomic E-state index is 0.650. The number of fused-ring (bicyclic) bond motifs is 10. The molecule has 0 saturated carbocycles. The molecule has 9 rings (SSSR count). The van der Waals surface area contributed by atoms with Gasteiger partial charge in [0.1, 0.15) is 11.2 Å². The third kappa shape index (κ3) is 3.15. The highest BCUT2D eigenvalue weighted by atomic mass is 16.3. The molecule has 2 heterocycles. The SMILES string of the molecule is N#Cc1ccc2c(c1)c1cc(-c3cc4ccccc4c4c3oc3ccc5ccccc5c34)ccc1n2-c1ccccc1. The molecule has 0 bridgehead atoms. The summed E-state index contributed by atoms with van der Waals surface area (Å²) in [4.78, 5) is 0. The fourth-order valence-electron chi connectivity index (χ4n) is 6.72. The Bertz CT molecular complexity index is 2580. The fourth-order valence-corrected chi connectivity index (χ4v) is 6.72. The monoisotopic (exact) mass is 534 g/mol. The number of furan rings is 1. The second-order valence-corrected chi connectivity index (χ2v) is 10.9. The normalized spacial score (nSPS) is 11.8. The van der Waals surface area contributed by atoms with Crippen molar-refractivity contribution < 1.29 is 4.42 Å². The summed E-state index contributed by atoms with van der Waals surface area (Å²) >= 11 is 0. The Morgan fingerprint density at radius 2 is 1.24 bits per heavy atom. The summed E-state index contributed by atoms with van der Waals surface area (Å²) in [5.41, 5.74) is 7.84. The molecule has 0 unspecified atom stereocenters. The van der Waals surface area contributed by atoms with E-state index in [1.165, 1.54) is 21.5 Å². The molecule has 0 N–H and O–H groups in total. The second-order valence-electron chi connectivity index (χ2n) is 10.9. The van der Waals surface area contributed by atoms with Gasteiger partial charge in [0, 0.05) is 32.8 Å². The summed E-state index contributed by atoms with van der Waals surface area (Å²) in [5.74, 6) is 0. The van der Waals surface area contributed by atoms with E-state index in [4.69, 9.17) is 4.42 Å². The predicted octanol–water partition coefficient (Wildman–Crippen LogP) is 10.5. The van der Waals surface area contributed by atoms with E-state index >= 15 is 0 Å². The van der Waals surface area contributed by atoms with Gasteiger partial charge in [-0.3, -0.25) is 0 Å². The summed E-state index contributed by atoms with van der Waals surface area (Å²) < 4.78 is 8.99. The van der Waals surface area contributed by atoms with Crippen molar-refractivity contribution in [1.82, 2.24) is 4.57 Å². The number of benzene rings is 7. The molecular formula is C39H22N2O. The summed E-state index contributed by atoms with van der Waals surface area (Å²) in [6.45, 7) is 0. The number of nitriles is 1. The number of hydrogen-bond acceptors (Lipinski definition) is 2. The largest absolute Gasteiger partial charge is 0.455 e. The fraction of sp³-hybridized carbons (Fsp3) is 0. The highest BCUT2D eigenvalue weighted by molar-refractivity contribution is 6.29. The number of nitrogens with zero attached hydrogens (tertiary/aromatic N) is 2. The molecule has 0 aliphatic rings. The molecule has 7 aromatic carbocycles. The maximum absolute atomic E-state index is 9.72. The Labute approximate surface area is 241 Å². The van der Waals surface area contributed by atoms with Crippen LogP contribution in [0.5, 0.6) is 0 Å². The van der Waals surface area contributed by atoms with Crippen molar-refractivity contribution >= 4 is 65.3 Å². The molecule has 0 aliphatic carbocycles. The average Bonchev–Trinajstić information content (AvgIpc) is 3.61. The first-order valence-electron chi connectivity index (χ1n) is 14.1. The van der Waals surface area contributed by atoms with E-state index in [-0.39, 0.29) is 0 Å². The maximum Gasteiger partial charge on any atom is 0.143 e. The molecule has 194 valence electrons. The van der Waals surface area contributed by atoms with E-state index in [0.717, 1.165) is 60.6 Å². The van der Waals surface area contributed by atoms with E-state index in [9.17, 15) is 5.26 Å². The van der Waals surface area contributed by atoms with Crippen LogP contribution in [0.1, 0.15) is 5.56 Å². The van der Waals surface area contributed by atoms with Crippen LogP contribution in [0.2, 0.25) is 0 Å². The van der Waals surface area contributed by atoms with Crippen molar-refractivity contribution in [2.45, 2.75) is 0 Å².